The van der Waals surface area contributed by atoms with Gasteiger partial charge in [-0.25, -0.2) is 0 Å². The molecule has 0 aliphatic heterocycles. The molecule has 0 saturated carbocycles. The van der Waals surface area contributed by atoms with Crippen molar-refractivity contribution in [3.05, 3.63) is 29.3 Å². The molecule has 1 aliphatic carbocycles. The standard InChI is InChI=1S/C15H20N2O3/c1-10(2)8-16-15(18)9-20-14-5-3-4-11-12(14)6-7-13(11)17-19/h3-5,10,19H,6-9H2,1-2H3,(H,16,18). The number of nitrogens with zero attached hydrogens (tertiary/aromatic N) is 1. The van der Waals surface area contributed by atoms with Crippen LogP contribution in [-0.2, 0) is 11.2 Å². The van der Waals surface area contributed by atoms with Crippen LogP contribution in [0.2, 0.25) is 0 Å². The van der Waals surface area contributed by atoms with Gasteiger partial charge >= 0.3 is 0 Å². The minimum Gasteiger partial charge on any atom is -0.483 e. The lowest BCUT2D eigenvalue weighted by molar-refractivity contribution is -0.123. The molecule has 0 atom stereocenters. The number of amides is 1. The van der Waals surface area contributed by atoms with E-state index in [0.717, 1.165) is 17.5 Å². The van der Waals surface area contributed by atoms with Crippen LogP contribution < -0.4 is 10.1 Å². The van der Waals surface area contributed by atoms with Gasteiger partial charge in [0.25, 0.3) is 5.91 Å². The van der Waals surface area contributed by atoms with Crippen LogP contribution in [0.1, 0.15) is 31.4 Å². The average molecular weight is 276 g/mol. The number of benzene rings is 1. The third-order valence-electron chi connectivity index (χ3n) is 3.24. The van der Waals surface area contributed by atoms with Gasteiger partial charge in [0, 0.05) is 17.7 Å². The molecule has 0 radical (unpaired) electrons. The highest BCUT2D eigenvalue weighted by Gasteiger charge is 2.22. The molecule has 20 heavy (non-hydrogen) atoms. The summed E-state index contributed by atoms with van der Waals surface area (Å²) in [5, 5.41) is 15.0. The highest BCUT2D eigenvalue weighted by atomic mass is 16.5. The molecule has 5 heteroatoms. The number of fused-ring (bicyclic) bond motifs is 1. The largest absolute Gasteiger partial charge is 0.483 e. The summed E-state index contributed by atoms with van der Waals surface area (Å²) >= 11 is 0. The van der Waals surface area contributed by atoms with E-state index in [4.69, 9.17) is 9.94 Å². The molecule has 0 unspecified atom stereocenters. The lowest BCUT2D eigenvalue weighted by Crippen LogP contribution is -2.31. The van der Waals surface area contributed by atoms with Gasteiger partial charge in [0.1, 0.15) is 5.75 Å². The predicted molar refractivity (Wildman–Crippen MR) is 76.4 cm³/mol. The Balaban J connectivity index is 1.98. The van der Waals surface area contributed by atoms with Crippen molar-refractivity contribution in [1.82, 2.24) is 5.32 Å². The molecule has 2 N–H and O–H groups in total. The highest BCUT2D eigenvalue weighted by Crippen LogP contribution is 2.30. The molecule has 0 bridgehead atoms. The van der Waals surface area contributed by atoms with Gasteiger partial charge in [-0.05, 0) is 24.8 Å². The van der Waals surface area contributed by atoms with Gasteiger partial charge in [0.15, 0.2) is 6.61 Å². The van der Waals surface area contributed by atoms with E-state index < -0.39 is 0 Å². The normalized spacial score (nSPS) is 15.4. The van der Waals surface area contributed by atoms with Gasteiger partial charge in [-0.15, -0.1) is 0 Å². The third-order valence-corrected chi connectivity index (χ3v) is 3.24. The number of carbonyl (C=O) groups excluding carboxylic acids is 1. The number of ether oxygens (including phenoxy) is 1. The predicted octanol–water partition coefficient (Wildman–Crippen LogP) is 1.96. The fourth-order valence-electron chi connectivity index (χ4n) is 2.22. The lowest BCUT2D eigenvalue weighted by Gasteiger charge is -2.11. The number of hydrogen-bond donors (Lipinski definition) is 2. The van der Waals surface area contributed by atoms with Crippen LogP contribution in [0.3, 0.4) is 0 Å². The molecule has 0 aromatic heterocycles. The Morgan fingerprint density at radius 3 is 2.95 bits per heavy atom. The zero-order valence-corrected chi connectivity index (χ0v) is 11.8. The first kappa shape index (κ1) is 14.4. The van der Waals surface area contributed by atoms with Crippen molar-refractivity contribution < 1.29 is 14.7 Å². The van der Waals surface area contributed by atoms with E-state index in [1.54, 1.807) is 0 Å². The van der Waals surface area contributed by atoms with E-state index in [-0.39, 0.29) is 12.5 Å². The van der Waals surface area contributed by atoms with Crippen molar-refractivity contribution in [2.24, 2.45) is 11.1 Å². The maximum atomic E-state index is 11.6. The first-order chi connectivity index (χ1) is 9.61. The molecular weight excluding hydrogens is 256 g/mol. The Hall–Kier alpha value is -2.04. The Bertz CT molecular complexity index is 524. The van der Waals surface area contributed by atoms with Gasteiger partial charge in [-0.2, -0.15) is 0 Å². The summed E-state index contributed by atoms with van der Waals surface area (Å²) in [4.78, 5) is 11.6. The molecular formula is C15H20N2O3. The van der Waals surface area contributed by atoms with Crippen LogP contribution in [0.15, 0.2) is 23.4 Å². The van der Waals surface area contributed by atoms with Crippen LogP contribution >= 0.6 is 0 Å². The van der Waals surface area contributed by atoms with Crippen molar-refractivity contribution in [3.8, 4) is 5.75 Å². The second kappa shape index (κ2) is 6.41. The fourth-order valence-corrected chi connectivity index (χ4v) is 2.22. The van der Waals surface area contributed by atoms with E-state index in [9.17, 15) is 4.79 Å². The first-order valence-corrected chi connectivity index (χ1v) is 6.84. The van der Waals surface area contributed by atoms with Crippen molar-refractivity contribution in [2.75, 3.05) is 13.2 Å². The SMILES string of the molecule is CC(C)CNC(=O)COc1cccc2c1CCC2=NO. The molecule has 108 valence electrons. The maximum absolute atomic E-state index is 11.6. The summed E-state index contributed by atoms with van der Waals surface area (Å²) in [6.07, 6.45) is 1.48. The molecule has 0 saturated heterocycles. The molecule has 2 rings (SSSR count). The van der Waals surface area contributed by atoms with Gasteiger partial charge in [0.2, 0.25) is 0 Å². The maximum Gasteiger partial charge on any atom is 0.257 e. The van der Waals surface area contributed by atoms with Crippen LogP contribution in [-0.4, -0.2) is 30.0 Å². The monoisotopic (exact) mass is 276 g/mol. The van der Waals surface area contributed by atoms with Crippen molar-refractivity contribution in [3.63, 3.8) is 0 Å². The minimum atomic E-state index is -0.120. The molecule has 1 aromatic rings. The quantitative estimate of drug-likeness (QED) is 0.638. The zero-order chi connectivity index (χ0) is 14.5. The zero-order valence-electron chi connectivity index (χ0n) is 11.8. The van der Waals surface area contributed by atoms with Crippen molar-refractivity contribution in [1.29, 1.82) is 0 Å². The van der Waals surface area contributed by atoms with Crippen molar-refractivity contribution in [2.45, 2.75) is 26.7 Å². The van der Waals surface area contributed by atoms with Gasteiger partial charge in [-0.1, -0.05) is 31.1 Å². The Labute approximate surface area is 118 Å². The lowest BCUT2D eigenvalue weighted by atomic mass is 10.1. The molecule has 0 fully saturated rings. The number of oxime groups is 1. The second-order valence-electron chi connectivity index (χ2n) is 5.32. The molecule has 1 amide bonds. The number of nitrogens with one attached hydrogen (secondary N) is 1. The summed E-state index contributed by atoms with van der Waals surface area (Å²) in [6, 6.07) is 5.59. The number of rotatable bonds is 5. The third kappa shape index (κ3) is 3.29. The summed E-state index contributed by atoms with van der Waals surface area (Å²) in [6.45, 7) is 4.74. The Morgan fingerprint density at radius 1 is 1.45 bits per heavy atom. The van der Waals surface area contributed by atoms with E-state index in [0.29, 0.717) is 30.3 Å². The summed E-state index contributed by atoms with van der Waals surface area (Å²) < 4.78 is 5.59. The van der Waals surface area contributed by atoms with Crippen LogP contribution in [0.5, 0.6) is 5.75 Å². The number of carbonyl (C=O) groups is 1. The fraction of sp³-hybridized carbons (Fsp3) is 0.467. The summed E-state index contributed by atoms with van der Waals surface area (Å²) in [7, 11) is 0. The van der Waals surface area contributed by atoms with Gasteiger partial charge < -0.3 is 15.3 Å². The molecule has 0 heterocycles. The molecule has 1 aromatic carbocycles. The first-order valence-electron chi connectivity index (χ1n) is 6.84. The van der Waals surface area contributed by atoms with Crippen LogP contribution in [0, 0.1) is 5.92 Å². The van der Waals surface area contributed by atoms with E-state index in [1.807, 2.05) is 32.0 Å². The van der Waals surface area contributed by atoms with E-state index >= 15 is 0 Å². The summed E-state index contributed by atoms with van der Waals surface area (Å²) in [5.74, 6) is 0.995. The topological polar surface area (TPSA) is 70.9 Å². The second-order valence-corrected chi connectivity index (χ2v) is 5.32. The highest BCUT2D eigenvalue weighted by molar-refractivity contribution is 6.04. The van der Waals surface area contributed by atoms with E-state index in [1.165, 1.54) is 0 Å². The minimum absolute atomic E-state index is 0.00870. The number of hydrogen-bond acceptors (Lipinski definition) is 4. The van der Waals surface area contributed by atoms with Crippen LogP contribution in [0.25, 0.3) is 0 Å². The smallest absolute Gasteiger partial charge is 0.257 e. The molecule has 5 nitrogen and oxygen atoms in total. The Morgan fingerprint density at radius 2 is 2.25 bits per heavy atom. The van der Waals surface area contributed by atoms with Gasteiger partial charge in [0.05, 0.1) is 5.71 Å². The Kier molecular flexibility index (Phi) is 4.61. The van der Waals surface area contributed by atoms with E-state index in [2.05, 4.69) is 10.5 Å². The molecule has 1 aliphatic rings. The molecule has 0 spiro atoms. The van der Waals surface area contributed by atoms with Crippen LogP contribution in [0.4, 0.5) is 0 Å². The van der Waals surface area contributed by atoms with Crippen molar-refractivity contribution >= 4 is 11.6 Å². The average Bonchev–Trinajstić information content (AvgIpc) is 2.86. The van der Waals surface area contributed by atoms with Gasteiger partial charge in [-0.3, -0.25) is 4.79 Å². The summed E-state index contributed by atoms with van der Waals surface area (Å²) in [5.41, 5.74) is 2.60.